The fraction of sp³-hybridized carbons (Fsp3) is 0.346. The van der Waals surface area contributed by atoms with E-state index >= 15 is 0 Å². The van der Waals surface area contributed by atoms with Crippen LogP contribution in [-0.4, -0.2) is 59.6 Å². The summed E-state index contributed by atoms with van der Waals surface area (Å²) in [4.78, 5) is 15.0. The van der Waals surface area contributed by atoms with E-state index in [2.05, 4.69) is 73.4 Å². The molecule has 2 aliphatic heterocycles. The lowest BCUT2D eigenvalue weighted by Gasteiger charge is -2.34. The summed E-state index contributed by atoms with van der Waals surface area (Å²) in [6.07, 6.45) is 5.93. The highest BCUT2D eigenvalue weighted by atomic mass is 16.5. The average molecular weight is 445 g/mol. The van der Waals surface area contributed by atoms with Gasteiger partial charge in [-0.2, -0.15) is 0 Å². The summed E-state index contributed by atoms with van der Waals surface area (Å²) in [6.45, 7) is 9.87. The molecule has 7 nitrogen and oxygen atoms in total. The van der Waals surface area contributed by atoms with Crippen LogP contribution < -0.4 is 15.0 Å². The third kappa shape index (κ3) is 4.89. The van der Waals surface area contributed by atoms with Crippen molar-refractivity contribution in [1.82, 2.24) is 19.8 Å². The number of fused-ring (bicyclic) bond motifs is 1. The molecule has 3 aromatic rings. The molecule has 0 amide bonds. The Morgan fingerprint density at radius 3 is 2.58 bits per heavy atom. The predicted molar refractivity (Wildman–Crippen MR) is 133 cm³/mol. The first kappa shape index (κ1) is 21.6. The van der Waals surface area contributed by atoms with Crippen LogP contribution in [0.15, 0.2) is 61.1 Å². The number of nitrogens with one attached hydrogen (secondary N) is 2. The van der Waals surface area contributed by atoms with Gasteiger partial charge in [-0.25, -0.2) is 4.98 Å². The van der Waals surface area contributed by atoms with Crippen LogP contribution in [0, 0.1) is 0 Å². The Hall–Kier alpha value is -3.29. The number of H-pyrrole nitrogens is 1. The third-order valence-corrected chi connectivity index (χ3v) is 6.55. The van der Waals surface area contributed by atoms with E-state index < -0.39 is 0 Å². The smallest absolute Gasteiger partial charge is 0.214 e. The number of ether oxygens (including phenoxy) is 1. The molecule has 0 bridgehead atoms. The summed E-state index contributed by atoms with van der Waals surface area (Å²) in [5.41, 5.74) is 6.92. The van der Waals surface area contributed by atoms with Gasteiger partial charge in [0.05, 0.1) is 19.4 Å². The number of hydrogen-bond donors (Lipinski definition) is 2. The number of likely N-dealkylation sites (N-methyl/N-ethyl adjacent to an activating group) is 1. The Morgan fingerprint density at radius 1 is 1.03 bits per heavy atom. The number of pyridine rings is 1. The van der Waals surface area contributed by atoms with Crippen molar-refractivity contribution < 1.29 is 4.74 Å². The Morgan fingerprint density at radius 2 is 1.82 bits per heavy atom. The molecule has 0 spiro atoms. The number of anilines is 2. The zero-order valence-electron chi connectivity index (χ0n) is 19.4. The number of piperazine rings is 1. The van der Waals surface area contributed by atoms with E-state index in [4.69, 9.17) is 4.74 Å². The first-order chi connectivity index (χ1) is 16.2. The van der Waals surface area contributed by atoms with Gasteiger partial charge in [-0.15, -0.1) is 0 Å². The van der Waals surface area contributed by atoms with Crippen molar-refractivity contribution in [3.63, 3.8) is 0 Å². The number of aromatic amines is 1. The number of methoxy groups -OCH3 is 1. The van der Waals surface area contributed by atoms with E-state index in [1.165, 1.54) is 35.6 Å². The molecule has 172 valence electrons. The average Bonchev–Trinajstić information content (AvgIpc) is 3.34. The van der Waals surface area contributed by atoms with Crippen molar-refractivity contribution in [2.75, 3.05) is 50.1 Å². The van der Waals surface area contributed by atoms with Crippen LogP contribution in [0.25, 0.3) is 5.70 Å². The predicted octanol–water partition coefficient (Wildman–Crippen LogP) is 3.99. The van der Waals surface area contributed by atoms with Crippen LogP contribution in [-0.2, 0) is 13.1 Å². The second kappa shape index (κ2) is 9.68. The number of benzene rings is 1. The molecule has 0 atom stereocenters. The standard InChI is InChI=1S/C26H32N6O/c1-3-30-12-14-31(15-13-30)17-20-4-6-22(7-5-20)32-18-24-23(9-11-27-24)25(19-32)29-21-8-10-28-26(16-21)33-2/h4-11,16,19,27H,3,12-15,17-18H2,1-2H3,(H,28,29). The molecule has 5 rings (SSSR count). The van der Waals surface area contributed by atoms with Crippen molar-refractivity contribution in [3.05, 3.63) is 77.9 Å². The Labute approximate surface area is 195 Å². The van der Waals surface area contributed by atoms with Crippen molar-refractivity contribution in [2.45, 2.75) is 20.0 Å². The molecule has 0 aliphatic carbocycles. The first-order valence-electron chi connectivity index (χ1n) is 11.7. The van der Waals surface area contributed by atoms with Crippen LogP contribution in [0.1, 0.15) is 23.7 Å². The van der Waals surface area contributed by atoms with Crippen LogP contribution >= 0.6 is 0 Å². The van der Waals surface area contributed by atoms with Gasteiger partial charge in [-0.3, -0.25) is 4.90 Å². The van der Waals surface area contributed by atoms with Crippen LogP contribution in [0.2, 0.25) is 0 Å². The van der Waals surface area contributed by atoms with Crippen LogP contribution in [0.3, 0.4) is 0 Å². The Balaban J connectivity index is 1.30. The van der Waals surface area contributed by atoms with Gasteiger partial charge in [-0.1, -0.05) is 19.1 Å². The molecule has 2 N–H and O–H groups in total. The number of nitrogens with zero attached hydrogens (tertiary/aromatic N) is 4. The monoisotopic (exact) mass is 444 g/mol. The van der Waals surface area contributed by atoms with Gasteiger partial charge in [0.1, 0.15) is 0 Å². The Bertz CT molecular complexity index is 1100. The summed E-state index contributed by atoms with van der Waals surface area (Å²) < 4.78 is 5.27. The van der Waals surface area contributed by atoms with E-state index in [1.807, 2.05) is 18.3 Å². The van der Waals surface area contributed by atoms with E-state index in [-0.39, 0.29) is 0 Å². The number of hydrogen-bond acceptors (Lipinski definition) is 6. The van der Waals surface area contributed by atoms with Crippen LogP contribution in [0.5, 0.6) is 5.88 Å². The van der Waals surface area contributed by atoms with Gasteiger partial charge in [0.25, 0.3) is 0 Å². The molecule has 2 aliphatic rings. The van der Waals surface area contributed by atoms with E-state index in [0.29, 0.717) is 5.88 Å². The van der Waals surface area contributed by atoms with Gasteiger partial charge in [-0.05, 0) is 36.4 Å². The van der Waals surface area contributed by atoms with Crippen LogP contribution in [0.4, 0.5) is 11.4 Å². The van der Waals surface area contributed by atoms with Crippen molar-refractivity contribution >= 4 is 17.1 Å². The largest absolute Gasteiger partial charge is 0.481 e. The Kier molecular flexibility index (Phi) is 6.32. The normalized spacial score (nSPS) is 16.9. The molecule has 1 saturated heterocycles. The highest BCUT2D eigenvalue weighted by Crippen LogP contribution is 2.31. The zero-order chi connectivity index (χ0) is 22.6. The van der Waals surface area contributed by atoms with Gasteiger partial charge in [0.2, 0.25) is 5.88 Å². The van der Waals surface area contributed by atoms with Crippen molar-refractivity contribution in [3.8, 4) is 5.88 Å². The molecule has 2 aromatic heterocycles. The highest BCUT2D eigenvalue weighted by molar-refractivity contribution is 5.81. The first-order valence-corrected chi connectivity index (χ1v) is 11.7. The summed E-state index contributed by atoms with van der Waals surface area (Å²) in [5.74, 6) is 0.592. The summed E-state index contributed by atoms with van der Waals surface area (Å²) in [5, 5.41) is 3.54. The highest BCUT2D eigenvalue weighted by Gasteiger charge is 2.20. The molecular formula is C26H32N6O. The molecule has 0 saturated carbocycles. The minimum absolute atomic E-state index is 0.592. The number of rotatable bonds is 7. The molecule has 33 heavy (non-hydrogen) atoms. The molecule has 1 aromatic carbocycles. The second-order valence-corrected chi connectivity index (χ2v) is 8.63. The van der Waals surface area contributed by atoms with Gasteiger partial charge in [0, 0.05) is 80.0 Å². The third-order valence-electron chi connectivity index (χ3n) is 6.55. The molecule has 0 radical (unpaired) electrons. The van der Waals surface area contributed by atoms with Crippen molar-refractivity contribution in [1.29, 1.82) is 0 Å². The lowest BCUT2D eigenvalue weighted by atomic mass is 10.1. The lowest BCUT2D eigenvalue weighted by Crippen LogP contribution is -2.45. The van der Waals surface area contributed by atoms with Gasteiger partial charge >= 0.3 is 0 Å². The molecule has 4 heterocycles. The maximum atomic E-state index is 5.27. The topological polar surface area (TPSA) is 59.7 Å². The summed E-state index contributed by atoms with van der Waals surface area (Å²) in [6, 6.07) is 15.0. The molecule has 7 heteroatoms. The lowest BCUT2D eigenvalue weighted by molar-refractivity contribution is 0.132. The molecule has 0 unspecified atom stereocenters. The fourth-order valence-corrected chi connectivity index (χ4v) is 4.56. The minimum Gasteiger partial charge on any atom is -0.481 e. The van der Waals surface area contributed by atoms with Gasteiger partial charge in [0.15, 0.2) is 0 Å². The zero-order valence-corrected chi connectivity index (χ0v) is 19.4. The fourth-order valence-electron chi connectivity index (χ4n) is 4.56. The second-order valence-electron chi connectivity index (χ2n) is 8.63. The SMILES string of the molecule is CCN1CCN(Cc2ccc(N3C=C(Nc4ccnc(OC)c4)c4cc[nH]c4C3)cc2)CC1. The molecule has 1 fully saturated rings. The summed E-state index contributed by atoms with van der Waals surface area (Å²) in [7, 11) is 1.63. The van der Waals surface area contributed by atoms with E-state index in [1.54, 1.807) is 13.3 Å². The quantitative estimate of drug-likeness (QED) is 0.575. The van der Waals surface area contributed by atoms with E-state index in [9.17, 15) is 0 Å². The molecular weight excluding hydrogens is 412 g/mol. The van der Waals surface area contributed by atoms with Gasteiger partial charge < -0.3 is 24.8 Å². The minimum atomic E-state index is 0.592. The van der Waals surface area contributed by atoms with E-state index in [0.717, 1.165) is 44.1 Å². The number of aromatic nitrogens is 2. The van der Waals surface area contributed by atoms with Crippen molar-refractivity contribution in [2.24, 2.45) is 0 Å². The maximum absolute atomic E-state index is 5.27. The summed E-state index contributed by atoms with van der Waals surface area (Å²) >= 11 is 0. The maximum Gasteiger partial charge on any atom is 0.214 e.